The second-order valence-electron chi connectivity index (χ2n) is 3.55. The largest absolute Gasteiger partial charge is 0.495 e. The molecule has 0 aliphatic carbocycles. The molecule has 0 unspecified atom stereocenters. The molecule has 6 nitrogen and oxygen atoms in total. The number of hydrogen-bond acceptors (Lipinski definition) is 6. The summed E-state index contributed by atoms with van der Waals surface area (Å²) in [4.78, 5) is 23.7. The first-order valence-electron chi connectivity index (χ1n) is 5.47. The van der Waals surface area contributed by atoms with Gasteiger partial charge in [-0.25, -0.2) is 4.79 Å². The number of ketones is 1. The molecule has 0 atom stereocenters. The van der Waals surface area contributed by atoms with Crippen LogP contribution in [0.25, 0.3) is 0 Å². The summed E-state index contributed by atoms with van der Waals surface area (Å²) in [5.41, 5.74) is 0.00262. The van der Waals surface area contributed by atoms with Crippen molar-refractivity contribution in [3.8, 4) is 17.2 Å². The molecule has 0 N–H and O–H groups in total. The normalized spacial score (nSPS) is 12.2. The predicted octanol–water partition coefficient (Wildman–Crippen LogP) is 1.93. The van der Waals surface area contributed by atoms with Gasteiger partial charge in [0.25, 0.3) is 5.78 Å². The molecule has 0 aromatic heterocycles. The maximum absolute atomic E-state index is 12.1. The van der Waals surface area contributed by atoms with Crippen molar-refractivity contribution in [3.05, 3.63) is 16.1 Å². The highest BCUT2D eigenvalue weighted by Crippen LogP contribution is 2.45. The van der Waals surface area contributed by atoms with Gasteiger partial charge in [-0.15, -0.1) is 0 Å². The maximum Gasteiger partial charge on any atom is 0.379 e. The van der Waals surface area contributed by atoms with E-state index in [0.717, 1.165) is 0 Å². The minimum atomic E-state index is -0.961. The summed E-state index contributed by atoms with van der Waals surface area (Å²) in [7, 11) is 1.39. The molecule has 1 aromatic rings. The fourth-order valence-corrected chi connectivity index (χ4v) is 2.27. The van der Waals surface area contributed by atoms with Crippen molar-refractivity contribution in [3.63, 3.8) is 0 Å². The first-order chi connectivity index (χ1) is 9.10. The van der Waals surface area contributed by atoms with E-state index in [9.17, 15) is 9.59 Å². The van der Waals surface area contributed by atoms with Crippen LogP contribution in [-0.2, 0) is 9.53 Å². The van der Waals surface area contributed by atoms with Crippen LogP contribution in [-0.4, -0.2) is 32.3 Å². The minimum Gasteiger partial charge on any atom is -0.495 e. The van der Waals surface area contributed by atoms with Gasteiger partial charge in [0.15, 0.2) is 11.5 Å². The predicted molar refractivity (Wildman–Crippen MR) is 67.8 cm³/mol. The van der Waals surface area contributed by atoms with E-state index in [0.29, 0.717) is 10.2 Å². The first-order valence-corrected chi connectivity index (χ1v) is 6.27. The van der Waals surface area contributed by atoms with E-state index in [1.165, 1.54) is 7.11 Å². The van der Waals surface area contributed by atoms with Gasteiger partial charge in [0.05, 0.1) is 18.2 Å². The van der Waals surface area contributed by atoms with Gasteiger partial charge in [-0.05, 0) is 22.9 Å². The Kier molecular flexibility index (Phi) is 3.94. The Morgan fingerprint density at radius 2 is 2.16 bits per heavy atom. The van der Waals surface area contributed by atoms with Gasteiger partial charge in [0.1, 0.15) is 11.3 Å². The Labute approximate surface area is 117 Å². The number of hydrogen-bond donors (Lipinski definition) is 0. The standard InChI is InChI=1S/C12H11BrO6/c1-3-17-12(15)9(14)8-10(16-2)6(13)4-7-11(8)19-5-18-7/h4H,3,5H2,1-2H3. The Balaban J connectivity index is 2.54. The zero-order chi connectivity index (χ0) is 14.0. The average molecular weight is 331 g/mol. The molecular weight excluding hydrogens is 320 g/mol. The smallest absolute Gasteiger partial charge is 0.379 e. The lowest BCUT2D eigenvalue weighted by atomic mass is 10.1. The lowest BCUT2D eigenvalue weighted by molar-refractivity contribution is -0.137. The number of carbonyl (C=O) groups is 2. The monoisotopic (exact) mass is 330 g/mol. The van der Waals surface area contributed by atoms with E-state index in [4.69, 9.17) is 18.9 Å². The van der Waals surface area contributed by atoms with Crippen LogP contribution in [0.4, 0.5) is 0 Å². The van der Waals surface area contributed by atoms with Gasteiger partial charge >= 0.3 is 5.97 Å². The molecule has 1 aliphatic heterocycles. The summed E-state index contributed by atoms with van der Waals surface area (Å²) in [6.07, 6.45) is 0. The second kappa shape index (κ2) is 5.48. The van der Waals surface area contributed by atoms with Crippen LogP contribution < -0.4 is 14.2 Å². The van der Waals surface area contributed by atoms with Crippen molar-refractivity contribution in [2.75, 3.05) is 20.5 Å². The number of fused-ring (bicyclic) bond motifs is 1. The van der Waals surface area contributed by atoms with Gasteiger partial charge in [0.2, 0.25) is 6.79 Å². The Morgan fingerprint density at radius 3 is 2.79 bits per heavy atom. The SMILES string of the molecule is CCOC(=O)C(=O)c1c(OC)c(Br)cc2c1OCO2. The molecule has 19 heavy (non-hydrogen) atoms. The van der Waals surface area contributed by atoms with Crippen LogP contribution in [0.1, 0.15) is 17.3 Å². The van der Waals surface area contributed by atoms with Crippen molar-refractivity contribution in [1.82, 2.24) is 0 Å². The van der Waals surface area contributed by atoms with Crippen LogP contribution in [0, 0.1) is 0 Å². The Bertz CT molecular complexity index is 536. The molecule has 102 valence electrons. The zero-order valence-electron chi connectivity index (χ0n) is 10.3. The molecule has 0 bridgehead atoms. The van der Waals surface area contributed by atoms with Crippen molar-refractivity contribution >= 4 is 27.7 Å². The summed E-state index contributed by atoms with van der Waals surface area (Å²) in [6, 6.07) is 1.61. The number of benzene rings is 1. The third-order valence-electron chi connectivity index (χ3n) is 2.46. The van der Waals surface area contributed by atoms with Gasteiger partial charge in [0, 0.05) is 6.07 Å². The summed E-state index contributed by atoms with van der Waals surface area (Å²) in [5, 5.41) is 0. The molecule has 1 aliphatic rings. The van der Waals surface area contributed by atoms with Gasteiger partial charge in [-0.1, -0.05) is 0 Å². The highest BCUT2D eigenvalue weighted by atomic mass is 79.9. The Hall–Kier alpha value is -1.76. The average Bonchev–Trinajstić information content (AvgIpc) is 2.84. The minimum absolute atomic E-state index is 0.00262. The molecule has 0 saturated heterocycles. The van der Waals surface area contributed by atoms with E-state index in [1.807, 2.05) is 0 Å². The number of Topliss-reactive ketones (excluding diaryl/α,β-unsaturated/α-hetero) is 1. The molecule has 0 amide bonds. The summed E-state index contributed by atoms with van der Waals surface area (Å²) < 4.78 is 20.8. The van der Waals surface area contributed by atoms with Gasteiger partial charge < -0.3 is 18.9 Å². The van der Waals surface area contributed by atoms with E-state index < -0.39 is 11.8 Å². The molecule has 2 rings (SSSR count). The van der Waals surface area contributed by atoms with Crippen LogP contribution in [0.15, 0.2) is 10.5 Å². The number of rotatable bonds is 4. The van der Waals surface area contributed by atoms with E-state index in [-0.39, 0.29) is 30.5 Å². The highest BCUT2D eigenvalue weighted by molar-refractivity contribution is 9.10. The fourth-order valence-electron chi connectivity index (χ4n) is 1.70. The lowest BCUT2D eigenvalue weighted by Gasteiger charge is -2.11. The molecule has 0 spiro atoms. The fraction of sp³-hybridized carbons (Fsp3) is 0.333. The highest BCUT2D eigenvalue weighted by Gasteiger charge is 2.32. The number of esters is 1. The molecular formula is C12H11BrO6. The van der Waals surface area contributed by atoms with Gasteiger partial charge in [-0.2, -0.15) is 0 Å². The van der Waals surface area contributed by atoms with Crippen LogP contribution in [0.3, 0.4) is 0 Å². The lowest BCUT2D eigenvalue weighted by Crippen LogP contribution is -2.19. The third-order valence-corrected chi connectivity index (χ3v) is 3.05. The van der Waals surface area contributed by atoms with Crippen molar-refractivity contribution in [2.45, 2.75) is 6.92 Å². The molecule has 0 radical (unpaired) electrons. The summed E-state index contributed by atoms with van der Waals surface area (Å²) in [5.74, 6) is -1.01. The number of carbonyl (C=O) groups excluding carboxylic acids is 2. The van der Waals surface area contributed by atoms with E-state index >= 15 is 0 Å². The second-order valence-corrected chi connectivity index (χ2v) is 4.40. The number of halogens is 1. The summed E-state index contributed by atoms with van der Waals surface area (Å²) in [6.45, 7) is 1.71. The number of methoxy groups -OCH3 is 1. The van der Waals surface area contributed by atoms with Crippen LogP contribution >= 0.6 is 15.9 Å². The molecule has 0 fully saturated rings. The molecule has 1 aromatic carbocycles. The van der Waals surface area contributed by atoms with Crippen molar-refractivity contribution in [2.24, 2.45) is 0 Å². The van der Waals surface area contributed by atoms with Crippen LogP contribution in [0.2, 0.25) is 0 Å². The maximum atomic E-state index is 12.1. The molecule has 1 heterocycles. The molecule has 0 saturated carbocycles. The number of ether oxygens (including phenoxy) is 4. The zero-order valence-corrected chi connectivity index (χ0v) is 11.9. The quantitative estimate of drug-likeness (QED) is 0.477. The van der Waals surface area contributed by atoms with Crippen LogP contribution in [0.5, 0.6) is 17.2 Å². The topological polar surface area (TPSA) is 71.1 Å². The van der Waals surface area contributed by atoms with Crippen molar-refractivity contribution in [1.29, 1.82) is 0 Å². The Morgan fingerprint density at radius 1 is 1.42 bits per heavy atom. The van der Waals surface area contributed by atoms with E-state index in [1.54, 1.807) is 13.0 Å². The van der Waals surface area contributed by atoms with Gasteiger partial charge in [-0.3, -0.25) is 4.79 Å². The first kappa shape index (κ1) is 13.7. The molecule has 7 heteroatoms. The van der Waals surface area contributed by atoms with Crippen molar-refractivity contribution < 1.29 is 28.5 Å². The van der Waals surface area contributed by atoms with E-state index in [2.05, 4.69) is 15.9 Å². The third kappa shape index (κ3) is 2.37. The summed E-state index contributed by atoms with van der Waals surface area (Å²) >= 11 is 3.25.